The van der Waals surface area contributed by atoms with Crippen molar-refractivity contribution in [3.63, 3.8) is 0 Å². The molecule has 224 valence electrons. The summed E-state index contributed by atoms with van der Waals surface area (Å²) in [7, 11) is -7.44. The average molecular weight is 610 g/mol. The topological polar surface area (TPSA) is 183 Å². The lowest BCUT2D eigenvalue weighted by molar-refractivity contribution is -0.0312. The monoisotopic (exact) mass is 609 g/mol. The maximum absolute atomic E-state index is 13.2. The molecule has 13 nitrogen and oxygen atoms in total. The lowest BCUT2D eigenvalue weighted by Crippen LogP contribution is -2.47. The number of nitrogens with zero attached hydrogens (tertiary/aromatic N) is 2. The van der Waals surface area contributed by atoms with Crippen LogP contribution in [-0.2, 0) is 24.8 Å². The van der Waals surface area contributed by atoms with Gasteiger partial charge in [0.2, 0.25) is 20.0 Å². The first-order valence-corrected chi connectivity index (χ1v) is 16.3. The number of piperidine rings is 1. The van der Waals surface area contributed by atoms with Crippen LogP contribution >= 0.6 is 0 Å². The van der Waals surface area contributed by atoms with Gasteiger partial charge in [-0.05, 0) is 43.5 Å². The molecule has 2 aromatic heterocycles. The fourth-order valence-electron chi connectivity index (χ4n) is 5.21. The van der Waals surface area contributed by atoms with Gasteiger partial charge in [-0.3, -0.25) is 4.98 Å². The van der Waals surface area contributed by atoms with Gasteiger partial charge in [-0.2, -0.15) is 4.31 Å². The number of pyridine rings is 1. The highest BCUT2D eigenvalue weighted by Crippen LogP contribution is 2.37. The standard InChI is InChI=1S/C26H35N5O8S2/c32-11-8-30-40(34,35)22-3-1-2-21(12-22)38-18-20(33)15-28-19-14-26(39-17-19)5-9-31(10-6-26)41(36,37)23-13-25-24(29-16-23)4-7-27-25/h1-4,7,12-13,16,19-20,27-28,30,32-33H,5-6,8-11,14-15,17-18H2/t19-,20?/m1/s1. The Kier molecular flexibility index (Phi) is 8.96. The van der Waals surface area contributed by atoms with Crippen molar-refractivity contribution in [2.24, 2.45) is 0 Å². The minimum absolute atomic E-state index is 0.00145. The number of hydrogen-bond acceptors (Lipinski definition) is 10. The van der Waals surface area contributed by atoms with Crippen molar-refractivity contribution in [1.82, 2.24) is 24.3 Å². The van der Waals surface area contributed by atoms with Crippen LogP contribution in [0.1, 0.15) is 19.3 Å². The van der Waals surface area contributed by atoms with Gasteiger partial charge in [0.1, 0.15) is 23.4 Å². The SMILES string of the molecule is O=S(=O)(NCCO)c1cccc(OCC(O)CN[C@H]2COC3(CCN(S(=O)(=O)c4cnc5cc[nH]c5c4)CC3)C2)c1. The van der Waals surface area contributed by atoms with Crippen molar-refractivity contribution in [3.05, 3.63) is 48.8 Å². The van der Waals surface area contributed by atoms with Gasteiger partial charge < -0.3 is 30.0 Å². The van der Waals surface area contributed by atoms with Crippen LogP contribution < -0.4 is 14.8 Å². The summed E-state index contributed by atoms with van der Waals surface area (Å²) in [4.78, 5) is 7.40. The van der Waals surface area contributed by atoms with E-state index in [4.69, 9.17) is 14.6 Å². The second kappa shape index (κ2) is 12.3. The fourth-order valence-corrected chi connectivity index (χ4v) is 7.68. The molecule has 2 aliphatic rings. The van der Waals surface area contributed by atoms with Crippen molar-refractivity contribution in [1.29, 1.82) is 0 Å². The molecule has 5 N–H and O–H groups in total. The maximum atomic E-state index is 13.2. The zero-order valence-corrected chi connectivity index (χ0v) is 24.0. The Morgan fingerprint density at radius 2 is 1.98 bits per heavy atom. The first-order chi connectivity index (χ1) is 19.6. The highest BCUT2D eigenvalue weighted by Gasteiger charge is 2.44. The minimum atomic E-state index is -3.77. The normalized spacial score (nSPS) is 20.5. The highest BCUT2D eigenvalue weighted by atomic mass is 32.2. The number of sulfonamides is 2. The molecule has 15 heteroatoms. The van der Waals surface area contributed by atoms with Crippen LogP contribution in [0.5, 0.6) is 5.75 Å². The second-order valence-corrected chi connectivity index (χ2v) is 14.1. The molecule has 0 amide bonds. The Balaban J connectivity index is 1.07. The summed E-state index contributed by atoms with van der Waals surface area (Å²) in [6, 6.07) is 9.31. The van der Waals surface area contributed by atoms with E-state index < -0.39 is 31.8 Å². The number of aromatic amines is 1. The fraction of sp³-hybridized carbons (Fsp3) is 0.500. The number of ether oxygens (including phenoxy) is 2. The zero-order chi connectivity index (χ0) is 29.1. The Bertz CT molecular complexity index is 1550. The molecule has 0 bridgehead atoms. The number of nitrogens with one attached hydrogen (secondary N) is 3. The predicted molar refractivity (Wildman–Crippen MR) is 149 cm³/mol. The highest BCUT2D eigenvalue weighted by molar-refractivity contribution is 7.89. The number of benzene rings is 1. The largest absolute Gasteiger partial charge is 0.491 e. The van der Waals surface area contributed by atoms with Crippen LogP contribution in [0.15, 0.2) is 58.6 Å². The molecule has 0 aliphatic carbocycles. The summed E-state index contributed by atoms with van der Waals surface area (Å²) in [5.74, 6) is 0.296. The number of H-pyrrole nitrogens is 1. The van der Waals surface area contributed by atoms with Crippen LogP contribution in [0.3, 0.4) is 0 Å². The predicted octanol–water partition coefficient (Wildman–Crippen LogP) is 0.175. The summed E-state index contributed by atoms with van der Waals surface area (Å²) >= 11 is 0. The summed E-state index contributed by atoms with van der Waals surface area (Å²) in [5.41, 5.74) is 0.972. The summed E-state index contributed by atoms with van der Waals surface area (Å²) in [6.45, 7) is 0.936. The van der Waals surface area contributed by atoms with Crippen LogP contribution in [0.2, 0.25) is 0 Å². The van der Waals surface area contributed by atoms with Crippen LogP contribution in [0, 0.1) is 0 Å². The third-order valence-electron chi connectivity index (χ3n) is 7.46. The van der Waals surface area contributed by atoms with E-state index in [1.807, 2.05) is 0 Å². The molecule has 1 aromatic carbocycles. The maximum Gasteiger partial charge on any atom is 0.244 e. The third kappa shape index (κ3) is 6.89. The van der Waals surface area contributed by atoms with Gasteiger partial charge in [-0.15, -0.1) is 0 Å². The van der Waals surface area contributed by atoms with Gasteiger partial charge in [-0.25, -0.2) is 21.6 Å². The van der Waals surface area contributed by atoms with Crippen molar-refractivity contribution in [2.45, 2.75) is 46.8 Å². The Morgan fingerprint density at radius 1 is 1.17 bits per heavy atom. The minimum Gasteiger partial charge on any atom is -0.491 e. The molecule has 1 unspecified atom stereocenters. The lowest BCUT2D eigenvalue weighted by atomic mass is 9.88. The molecule has 0 saturated carbocycles. The van der Waals surface area contributed by atoms with E-state index in [2.05, 4.69) is 20.0 Å². The Labute approximate surface area is 239 Å². The molecule has 2 saturated heterocycles. The number of fused-ring (bicyclic) bond motifs is 1. The van der Waals surface area contributed by atoms with Crippen molar-refractivity contribution >= 4 is 31.1 Å². The van der Waals surface area contributed by atoms with E-state index >= 15 is 0 Å². The second-order valence-electron chi connectivity index (χ2n) is 10.3. The first-order valence-electron chi connectivity index (χ1n) is 13.4. The van der Waals surface area contributed by atoms with Gasteiger partial charge in [-0.1, -0.05) is 6.07 Å². The molecule has 0 radical (unpaired) electrons. The molecule has 4 heterocycles. The summed E-state index contributed by atoms with van der Waals surface area (Å²) < 4.78 is 66.4. The van der Waals surface area contributed by atoms with E-state index in [-0.39, 0.29) is 42.1 Å². The van der Waals surface area contributed by atoms with Gasteiger partial charge in [0, 0.05) is 50.7 Å². The Morgan fingerprint density at radius 3 is 2.76 bits per heavy atom. The van der Waals surface area contributed by atoms with Crippen molar-refractivity contribution in [3.8, 4) is 5.75 Å². The molecule has 2 fully saturated rings. The number of aliphatic hydroxyl groups is 2. The van der Waals surface area contributed by atoms with Crippen LogP contribution in [0.25, 0.3) is 11.0 Å². The molecule has 41 heavy (non-hydrogen) atoms. The van der Waals surface area contributed by atoms with Gasteiger partial charge in [0.25, 0.3) is 0 Å². The molecule has 1 spiro atoms. The van der Waals surface area contributed by atoms with E-state index in [1.165, 1.54) is 28.7 Å². The number of rotatable bonds is 12. The molecule has 3 aromatic rings. The van der Waals surface area contributed by atoms with Crippen molar-refractivity contribution in [2.75, 3.05) is 46.0 Å². The molecule has 5 rings (SSSR count). The lowest BCUT2D eigenvalue weighted by Gasteiger charge is -2.38. The van der Waals surface area contributed by atoms with Gasteiger partial charge in [0.05, 0.1) is 34.7 Å². The zero-order valence-electron chi connectivity index (χ0n) is 22.4. The number of hydrogen-bond donors (Lipinski definition) is 5. The smallest absolute Gasteiger partial charge is 0.244 e. The van der Waals surface area contributed by atoms with E-state index in [0.29, 0.717) is 55.7 Å². The molecule has 2 aliphatic heterocycles. The van der Waals surface area contributed by atoms with Crippen LogP contribution in [0.4, 0.5) is 0 Å². The van der Waals surface area contributed by atoms with E-state index in [9.17, 15) is 21.9 Å². The molecular formula is C26H35N5O8S2. The van der Waals surface area contributed by atoms with E-state index in [0.717, 1.165) is 0 Å². The molecule has 2 atom stereocenters. The number of aliphatic hydroxyl groups excluding tert-OH is 2. The Hall–Kier alpha value is -2.63. The average Bonchev–Trinajstić information content (AvgIpc) is 3.61. The molecular weight excluding hydrogens is 574 g/mol. The summed E-state index contributed by atoms with van der Waals surface area (Å²) in [5, 5.41) is 22.6. The summed E-state index contributed by atoms with van der Waals surface area (Å²) in [6.07, 6.45) is 4.11. The first kappa shape index (κ1) is 29.8. The van der Waals surface area contributed by atoms with Crippen molar-refractivity contribution < 1.29 is 36.5 Å². The van der Waals surface area contributed by atoms with E-state index in [1.54, 1.807) is 24.4 Å². The number of aromatic nitrogens is 2. The van der Waals surface area contributed by atoms with Crippen LogP contribution in [-0.4, -0.2) is 105 Å². The quantitative estimate of drug-likeness (QED) is 0.190. The third-order valence-corrected chi connectivity index (χ3v) is 10.8. The van der Waals surface area contributed by atoms with Gasteiger partial charge >= 0.3 is 0 Å². The van der Waals surface area contributed by atoms with Gasteiger partial charge in [0.15, 0.2) is 0 Å².